The van der Waals surface area contributed by atoms with Crippen LogP contribution in [0.1, 0.15) is 43.9 Å². The van der Waals surface area contributed by atoms with E-state index < -0.39 is 0 Å². The van der Waals surface area contributed by atoms with Crippen molar-refractivity contribution in [2.45, 2.75) is 32.7 Å². The number of halogens is 1. The van der Waals surface area contributed by atoms with Gasteiger partial charge in [-0.2, -0.15) is 5.26 Å². The Morgan fingerprint density at radius 2 is 2.00 bits per heavy atom. The molecule has 2 aromatic rings. The lowest BCUT2D eigenvalue weighted by Crippen LogP contribution is -2.24. The van der Waals surface area contributed by atoms with Crippen LogP contribution in [0.5, 0.6) is 0 Å². The monoisotopic (exact) mass is 383 g/mol. The number of rotatable bonds is 8. The van der Waals surface area contributed by atoms with Gasteiger partial charge in [-0.3, -0.25) is 4.79 Å². The third kappa shape index (κ3) is 8.92. The second-order valence-corrected chi connectivity index (χ2v) is 6.07. The van der Waals surface area contributed by atoms with Gasteiger partial charge in [-0.1, -0.05) is 25.6 Å². The average molecular weight is 383 g/mol. The van der Waals surface area contributed by atoms with Crippen molar-refractivity contribution >= 4 is 11.7 Å². The second kappa shape index (κ2) is 12.2. The summed E-state index contributed by atoms with van der Waals surface area (Å²) in [5.74, 6) is 0.155. The van der Waals surface area contributed by atoms with Crippen LogP contribution < -0.4 is 16.4 Å². The van der Waals surface area contributed by atoms with Crippen LogP contribution in [-0.4, -0.2) is 17.4 Å². The number of hydrogen-bond acceptors (Lipinski definition) is 5. The lowest BCUT2D eigenvalue weighted by Gasteiger charge is -2.13. The molecule has 148 valence electrons. The van der Waals surface area contributed by atoms with Crippen LogP contribution in [-0.2, 0) is 4.79 Å². The van der Waals surface area contributed by atoms with E-state index in [4.69, 9.17) is 11.0 Å². The molecule has 0 saturated heterocycles. The second-order valence-electron chi connectivity index (χ2n) is 6.07. The summed E-state index contributed by atoms with van der Waals surface area (Å²) in [7, 11) is 0. The molecule has 1 atom stereocenters. The fourth-order valence-corrected chi connectivity index (χ4v) is 2.08. The molecule has 0 bridgehead atoms. The maximum Gasteiger partial charge on any atom is 0.218 e. The van der Waals surface area contributed by atoms with E-state index in [0.717, 1.165) is 23.5 Å². The quantitative estimate of drug-likeness (QED) is 0.646. The van der Waals surface area contributed by atoms with Gasteiger partial charge in [-0.05, 0) is 43.2 Å². The summed E-state index contributed by atoms with van der Waals surface area (Å²) in [5, 5.41) is 14.7. The minimum Gasteiger partial charge on any atom is -0.370 e. The van der Waals surface area contributed by atoms with E-state index in [0.29, 0.717) is 18.5 Å². The van der Waals surface area contributed by atoms with Crippen molar-refractivity contribution in [1.29, 1.82) is 5.26 Å². The molecule has 6 nitrogen and oxygen atoms in total. The topological polar surface area (TPSA) is 104 Å². The number of pyridine rings is 1. The Balaban J connectivity index is 0.000000283. The highest BCUT2D eigenvalue weighted by Crippen LogP contribution is 2.12. The zero-order valence-corrected chi connectivity index (χ0v) is 16.2. The van der Waals surface area contributed by atoms with Crippen molar-refractivity contribution in [3.63, 3.8) is 0 Å². The number of carbonyl (C=O) groups is 1. The smallest absolute Gasteiger partial charge is 0.218 e. The van der Waals surface area contributed by atoms with Crippen LogP contribution >= 0.6 is 0 Å². The number of amides is 1. The van der Waals surface area contributed by atoms with Gasteiger partial charge in [0.2, 0.25) is 5.91 Å². The molecule has 0 saturated carbocycles. The first-order chi connectivity index (χ1) is 13.3. The Morgan fingerprint density at radius 1 is 1.32 bits per heavy atom. The fourth-order valence-electron chi connectivity index (χ4n) is 2.08. The molecule has 1 aromatic carbocycles. The third-order valence-corrected chi connectivity index (χ3v) is 3.82. The minimum absolute atomic E-state index is 0.0879. The van der Waals surface area contributed by atoms with Crippen LogP contribution in [0, 0.1) is 17.1 Å². The Bertz CT molecular complexity index is 797. The number of nitriles is 1. The maximum absolute atomic E-state index is 12.6. The van der Waals surface area contributed by atoms with Crippen LogP contribution in [0.2, 0.25) is 0 Å². The van der Waals surface area contributed by atoms with Gasteiger partial charge in [0.05, 0.1) is 5.56 Å². The van der Waals surface area contributed by atoms with Gasteiger partial charge in [0.25, 0.3) is 0 Å². The van der Waals surface area contributed by atoms with Crippen LogP contribution in [0.15, 0.2) is 54.9 Å². The molecule has 2 rings (SSSR count). The minimum atomic E-state index is -0.325. The molecule has 7 heteroatoms. The van der Waals surface area contributed by atoms with Gasteiger partial charge in [0.1, 0.15) is 17.7 Å². The number of nitrogens with one attached hydrogen (secondary N) is 2. The predicted octanol–water partition coefficient (Wildman–Crippen LogP) is 3.64. The van der Waals surface area contributed by atoms with Crippen molar-refractivity contribution in [1.82, 2.24) is 10.3 Å². The lowest BCUT2D eigenvalue weighted by atomic mass is 10.1. The number of allylic oxidation sites excluding steroid dienone is 1. The summed E-state index contributed by atoms with van der Waals surface area (Å²) in [6.45, 7) is 8.30. The molecular formula is C21H26FN5O. The lowest BCUT2D eigenvalue weighted by molar-refractivity contribution is -0.117. The number of benzene rings is 1. The number of nitrogens with two attached hydrogens (primary N) is 1. The Morgan fingerprint density at radius 3 is 2.50 bits per heavy atom. The van der Waals surface area contributed by atoms with Gasteiger partial charge in [0, 0.05) is 30.9 Å². The van der Waals surface area contributed by atoms with Gasteiger partial charge in [-0.25, -0.2) is 9.37 Å². The fraction of sp³-hybridized carbons (Fsp3) is 0.286. The molecule has 0 aliphatic rings. The molecule has 1 unspecified atom stereocenters. The Hall–Kier alpha value is -3.24. The molecule has 4 N–H and O–H groups in total. The van der Waals surface area contributed by atoms with Crippen LogP contribution in [0.25, 0.3) is 0 Å². The molecule has 0 spiro atoms. The molecule has 1 aromatic heterocycles. The maximum atomic E-state index is 12.6. The summed E-state index contributed by atoms with van der Waals surface area (Å²) in [6, 6.07) is 11.9. The van der Waals surface area contributed by atoms with E-state index >= 15 is 0 Å². The number of hydrogen-bond donors (Lipinski definition) is 3. The summed E-state index contributed by atoms with van der Waals surface area (Å²) < 4.78 is 12.6. The van der Waals surface area contributed by atoms with E-state index in [1.807, 2.05) is 19.9 Å². The number of anilines is 1. The third-order valence-electron chi connectivity index (χ3n) is 3.82. The number of nitrogens with zero attached hydrogens (tertiary/aromatic N) is 2. The largest absolute Gasteiger partial charge is 0.370 e. The van der Waals surface area contributed by atoms with Gasteiger partial charge in [-0.15, -0.1) is 0 Å². The summed E-state index contributed by atoms with van der Waals surface area (Å²) in [5.41, 5.74) is 7.47. The molecule has 1 amide bonds. The number of carbonyl (C=O) groups excluding carboxylic acids is 1. The summed E-state index contributed by atoms with van der Waals surface area (Å²) >= 11 is 0. The zero-order chi connectivity index (χ0) is 20.9. The molecular weight excluding hydrogens is 357 g/mol. The van der Waals surface area contributed by atoms with E-state index in [-0.39, 0.29) is 17.8 Å². The first kappa shape index (κ1) is 22.8. The highest BCUT2D eigenvalue weighted by atomic mass is 19.1. The van der Waals surface area contributed by atoms with Gasteiger partial charge < -0.3 is 16.4 Å². The van der Waals surface area contributed by atoms with Gasteiger partial charge >= 0.3 is 0 Å². The van der Waals surface area contributed by atoms with Crippen LogP contribution in [0.3, 0.4) is 0 Å². The first-order valence-corrected chi connectivity index (χ1v) is 8.93. The molecule has 0 aliphatic carbocycles. The first-order valence-electron chi connectivity index (χ1n) is 8.93. The highest BCUT2D eigenvalue weighted by molar-refractivity contribution is 5.73. The molecule has 28 heavy (non-hydrogen) atoms. The number of primary amides is 1. The molecule has 1 heterocycles. The van der Waals surface area contributed by atoms with Crippen molar-refractivity contribution in [3.8, 4) is 6.07 Å². The normalized spacial score (nSPS) is 10.8. The number of aromatic nitrogens is 1. The SMILES string of the molecule is C=C(CC)Nc1ccc(C#N)cn1.CC(NCCC(N)=O)c1ccc(F)cc1. The average Bonchev–Trinajstić information content (AvgIpc) is 2.69. The standard InChI is InChI=1S/C11H15FN2O.C10H11N3/c1-8(14-7-6-11(13)15)9-2-4-10(12)5-3-9;1-3-8(2)13-10-5-4-9(6-11)7-12-10/h2-5,8,14H,6-7H2,1H3,(H2,13,15);4-5,7H,2-3H2,1H3,(H,12,13). The van der Waals surface area contributed by atoms with Crippen molar-refractivity contribution in [2.75, 3.05) is 11.9 Å². The molecule has 0 fully saturated rings. The molecule has 0 radical (unpaired) electrons. The van der Waals surface area contributed by atoms with E-state index in [9.17, 15) is 9.18 Å². The van der Waals surface area contributed by atoms with E-state index in [2.05, 4.69) is 22.2 Å². The molecule has 0 aliphatic heterocycles. The van der Waals surface area contributed by atoms with Gasteiger partial charge in [0.15, 0.2) is 0 Å². The van der Waals surface area contributed by atoms with Crippen molar-refractivity contribution in [3.05, 3.63) is 71.8 Å². The zero-order valence-electron chi connectivity index (χ0n) is 16.2. The Kier molecular flexibility index (Phi) is 9.94. The highest BCUT2D eigenvalue weighted by Gasteiger charge is 2.04. The summed E-state index contributed by atoms with van der Waals surface area (Å²) in [6.07, 6.45) is 2.71. The van der Waals surface area contributed by atoms with Crippen LogP contribution in [0.4, 0.5) is 10.2 Å². The summed E-state index contributed by atoms with van der Waals surface area (Å²) in [4.78, 5) is 14.5. The van der Waals surface area contributed by atoms with Crippen molar-refractivity contribution in [2.24, 2.45) is 5.73 Å². The predicted molar refractivity (Wildman–Crippen MR) is 109 cm³/mol. The van der Waals surface area contributed by atoms with Crippen molar-refractivity contribution < 1.29 is 9.18 Å². The van der Waals surface area contributed by atoms with E-state index in [1.165, 1.54) is 18.3 Å². The van der Waals surface area contributed by atoms with E-state index in [1.54, 1.807) is 24.3 Å². The Labute approximate surface area is 165 Å².